The summed E-state index contributed by atoms with van der Waals surface area (Å²) in [5.74, 6) is 0.455. The van der Waals surface area contributed by atoms with Gasteiger partial charge in [-0.15, -0.1) is 0 Å². The van der Waals surface area contributed by atoms with Gasteiger partial charge in [-0.1, -0.05) is 12.1 Å². The maximum Gasteiger partial charge on any atom is 0.307 e. The molecule has 0 spiro atoms. The smallest absolute Gasteiger partial charge is 0.307 e. The zero-order valence-electron chi connectivity index (χ0n) is 13.4. The van der Waals surface area contributed by atoms with Crippen molar-refractivity contribution in [1.82, 2.24) is 4.98 Å². The molecule has 4 rings (SSSR count). The highest BCUT2D eigenvalue weighted by Crippen LogP contribution is 2.39. The van der Waals surface area contributed by atoms with Crippen LogP contribution in [-0.2, 0) is 11.2 Å². The monoisotopic (exact) mass is 447 g/mol. The zero-order chi connectivity index (χ0) is 17.6. The molecule has 5 nitrogen and oxygen atoms in total. The van der Waals surface area contributed by atoms with Gasteiger partial charge in [-0.3, -0.25) is 4.79 Å². The summed E-state index contributed by atoms with van der Waals surface area (Å²) in [4.78, 5) is 16.2. The number of aryl methyl sites for hydroxylation is 1. The predicted molar refractivity (Wildman–Crippen MR) is 102 cm³/mol. The zero-order valence-corrected chi connectivity index (χ0v) is 15.5. The Morgan fingerprint density at radius 2 is 1.88 bits per heavy atom. The van der Waals surface area contributed by atoms with Crippen molar-refractivity contribution in [2.75, 3.05) is 6.79 Å². The van der Waals surface area contributed by atoms with Crippen molar-refractivity contribution < 1.29 is 19.4 Å². The van der Waals surface area contributed by atoms with Crippen LogP contribution >= 0.6 is 22.6 Å². The molecule has 0 amide bonds. The Labute approximate surface area is 157 Å². The molecule has 1 aliphatic heterocycles. The van der Waals surface area contributed by atoms with E-state index < -0.39 is 5.97 Å². The Bertz CT molecular complexity index is 999. The average molecular weight is 447 g/mol. The first-order valence-corrected chi connectivity index (χ1v) is 8.81. The molecule has 2 aromatic carbocycles. The van der Waals surface area contributed by atoms with Crippen molar-refractivity contribution >= 4 is 39.5 Å². The van der Waals surface area contributed by atoms with Crippen molar-refractivity contribution in [3.05, 3.63) is 51.1 Å². The second-order valence-corrected chi connectivity index (χ2v) is 7.11. The number of fused-ring (bicyclic) bond motifs is 2. The third kappa shape index (κ3) is 2.90. The number of rotatable bonds is 3. The molecule has 0 aliphatic carbocycles. The molecule has 6 heteroatoms. The normalized spacial score (nSPS) is 12.6. The molecule has 25 heavy (non-hydrogen) atoms. The summed E-state index contributed by atoms with van der Waals surface area (Å²) >= 11 is 2.24. The highest BCUT2D eigenvalue weighted by Gasteiger charge is 2.20. The number of nitrogens with zero attached hydrogens (tertiary/aromatic N) is 1. The lowest BCUT2D eigenvalue weighted by molar-refractivity contribution is -0.136. The molecule has 0 unspecified atom stereocenters. The number of aliphatic carboxylic acids is 1. The minimum Gasteiger partial charge on any atom is -0.481 e. The molecular weight excluding hydrogens is 433 g/mol. The lowest BCUT2D eigenvalue weighted by atomic mass is 9.95. The number of halogens is 1. The minimum atomic E-state index is -0.878. The third-order valence-corrected chi connectivity index (χ3v) is 5.03. The highest BCUT2D eigenvalue weighted by molar-refractivity contribution is 14.1. The minimum absolute atomic E-state index is 0.0788. The summed E-state index contributed by atoms with van der Waals surface area (Å²) in [6.07, 6.45) is -0.0788. The molecule has 1 aliphatic rings. The first-order chi connectivity index (χ1) is 12.0. The fourth-order valence-electron chi connectivity index (χ4n) is 3.07. The fourth-order valence-corrected chi connectivity index (χ4v) is 3.43. The molecule has 0 saturated heterocycles. The van der Waals surface area contributed by atoms with Gasteiger partial charge in [0.05, 0.1) is 17.6 Å². The van der Waals surface area contributed by atoms with Gasteiger partial charge in [-0.25, -0.2) is 4.98 Å². The van der Waals surface area contributed by atoms with E-state index in [9.17, 15) is 9.90 Å². The molecule has 1 aromatic heterocycles. The molecule has 0 saturated carbocycles. The quantitative estimate of drug-likeness (QED) is 0.611. The first-order valence-electron chi connectivity index (χ1n) is 7.73. The Balaban J connectivity index is 2.00. The summed E-state index contributed by atoms with van der Waals surface area (Å²) in [6.45, 7) is 2.12. The van der Waals surface area contributed by atoms with Crippen molar-refractivity contribution in [2.24, 2.45) is 0 Å². The number of ether oxygens (including phenoxy) is 2. The SMILES string of the molecule is Cc1c(CC(=O)O)c(-c2ccc(I)cc2)nc2cc3c(cc12)OCO3. The second-order valence-electron chi connectivity index (χ2n) is 5.86. The average Bonchev–Trinajstić information content (AvgIpc) is 3.03. The van der Waals surface area contributed by atoms with Gasteiger partial charge in [0.2, 0.25) is 6.79 Å². The summed E-state index contributed by atoms with van der Waals surface area (Å²) in [7, 11) is 0. The van der Waals surface area contributed by atoms with Gasteiger partial charge in [-0.2, -0.15) is 0 Å². The Morgan fingerprint density at radius 1 is 1.20 bits per heavy atom. The van der Waals surface area contributed by atoms with E-state index in [2.05, 4.69) is 22.6 Å². The van der Waals surface area contributed by atoms with Gasteiger partial charge in [-0.05, 0) is 58.8 Å². The standard InChI is InChI=1S/C19H14INO4/c1-10-13-6-16-17(25-9-24-16)8-15(13)21-19(14(10)7-18(22)23)11-2-4-12(20)5-3-11/h2-6,8H,7,9H2,1H3,(H,22,23). The van der Waals surface area contributed by atoms with Crippen LogP contribution in [0.3, 0.4) is 0 Å². The maximum atomic E-state index is 11.4. The lowest BCUT2D eigenvalue weighted by Gasteiger charge is -2.14. The van der Waals surface area contributed by atoms with Crippen LogP contribution in [0, 0.1) is 10.5 Å². The van der Waals surface area contributed by atoms with Crippen LogP contribution in [0.25, 0.3) is 22.2 Å². The van der Waals surface area contributed by atoms with E-state index in [1.54, 1.807) is 0 Å². The van der Waals surface area contributed by atoms with E-state index in [1.165, 1.54) is 0 Å². The molecular formula is C19H14INO4. The van der Waals surface area contributed by atoms with Gasteiger partial charge in [0.15, 0.2) is 11.5 Å². The molecule has 0 bridgehead atoms. The summed E-state index contributed by atoms with van der Waals surface area (Å²) in [6, 6.07) is 11.6. The van der Waals surface area contributed by atoms with Gasteiger partial charge >= 0.3 is 5.97 Å². The van der Waals surface area contributed by atoms with E-state index in [4.69, 9.17) is 14.5 Å². The topological polar surface area (TPSA) is 68.7 Å². The van der Waals surface area contributed by atoms with Crippen LogP contribution < -0.4 is 9.47 Å². The van der Waals surface area contributed by atoms with Crippen LogP contribution in [-0.4, -0.2) is 22.9 Å². The fraction of sp³-hybridized carbons (Fsp3) is 0.158. The Morgan fingerprint density at radius 3 is 2.56 bits per heavy atom. The second kappa shape index (κ2) is 6.18. The molecule has 0 atom stereocenters. The van der Waals surface area contributed by atoms with Crippen molar-refractivity contribution in [2.45, 2.75) is 13.3 Å². The summed E-state index contributed by atoms with van der Waals surface area (Å²) in [5.41, 5.74) is 3.99. The number of aromatic nitrogens is 1. The molecule has 1 N–H and O–H groups in total. The van der Waals surface area contributed by atoms with Crippen LogP contribution in [0.2, 0.25) is 0 Å². The van der Waals surface area contributed by atoms with E-state index in [1.807, 2.05) is 43.3 Å². The molecule has 0 radical (unpaired) electrons. The Hall–Kier alpha value is -2.35. The van der Waals surface area contributed by atoms with Gasteiger partial charge < -0.3 is 14.6 Å². The highest BCUT2D eigenvalue weighted by atomic mass is 127. The van der Waals surface area contributed by atoms with E-state index in [-0.39, 0.29) is 13.2 Å². The number of hydrogen-bond donors (Lipinski definition) is 1. The van der Waals surface area contributed by atoms with Crippen LogP contribution in [0.1, 0.15) is 11.1 Å². The molecule has 3 aromatic rings. The van der Waals surface area contributed by atoms with E-state index in [0.29, 0.717) is 17.2 Å². The number of carboxylic acid groups (broad SMARTS) is 1. The molecule has 126 valence electrons. The Kier molecular flexibility index (Phi) is 3.99. The lowest BCUT2D eigenvalue weighted by Crippen LogP contribution is -2.06. The van der Waals surface area contributed by atoms with Crippen LogP contribution in [0.15, 0.2) is 36.4 Å². The third-order valence-electron chi connectivity index (χ3n) is 4.31. The number of carboxylic acids is 1. The van der Waals surface area contributed by atoms with Gasteiger partial charge in [0.1, 0.15) is 0 Å². The van der Waals surface area contributed by atoms with Crippen molar-refractivity contribution in [1.29, 1.82) is 0 Å². The van der Waals surface area contributed by atoms with Crippen molar-refractivity contribution in [3.8, 4) is 22.8 Å². The largest absolute Gasteiger partial charge is 0.481 e. The van der Waals surface area contributed by atoms with Gasteiger partial charge in [0, 0.05) is 20.6 Å². The number of pyridine rings is 1. The predicted octanol–water partition coefficient (Wildman–Crippen LogP) is 4.17. The first kappa shape index (κ1) is 16.1. The number of carbonyl (C=O) groups is 1. The number of hydrogen-bond acceptors (Lipinski definition) is 4. The maximum absolute atomic E-state index is 11.4. The molecule has 0 fully saturated rings. The summed E-state index contributed by atoms with van der Waals surface area (Å²) in [5, 5.41) is 10.2. The van der Waals surface area contributed by atoms with Crippen LogP contribution in [0.5, 0.6) is 11.5 Å². The van der Waals surface area contributed by atoms with Crippen molar-refractivity contribution in [3.63, 3.8) is 0 Å². The summed E-state index contributed by atoms with van der Waals surface area (Å²) < 4.78 is 12.0. The molecule has 2 heterocycles. The van der Waals surface area contributed by atoms with E-state index >= 15 is 0 Å². The van der Waals surface area contributed by atoms with E-state index in [0.717, 1.165) is 31.2 Å². The van der Waals surface area contributed by atoms with Gasteiger partial charge in [0.25, 0.3) is 0 Å². The number of benzene rings is 2. The van der Waals surface area contributed by atoms with Crippen LogP contribution in [0.4, 0.5) is 0 Å².